The van der Waals surface area contributed by atoms with E-state index in [1.807, 2.05) is 32.7 Å². The Morgan fingerprint density at radius 2 is 2.27 bits per heavy atom. The summed E-state index contributed by atoms with van der Waals surface area (Å²) < 4.78 is 4.90. The van der Waals surface area contributed by atoms with Crippen molar-refractivity contribution in [1.29, 1.82) is 0 Å². The standard InChI is InChI=1S/C15H26N4O2S/c1-5-16-15(17-9-7-8-14(20)21-6-2)19(4)10-13-11-22-12(3)18-13/h11H,5-10H2,1-4H3,(H,16,17). The normalized spacial score (nSPS) is 11.4. The van der Waals surface area contributed by atoms with Gasteiger partial charge in [0, 0.05) is 31.9 Å². The van der Waals surface area contributed by atoms with Gasteiger partial charge in [0.2, 0.25) is 0 Å². The van der Waals surface area contributed by atoms with Crippen LogP contribution in [0.1, 0.15) is 37.4 Å². The van der Waals surface area contributed by atoms with Crippen molar-refractivity contribution in [2.24, 2.45) is 4.99 Å². The van der Waals surface area contributed by atoms with Gasteiger partial charge in [-0.2, -0.15) is 0 Å². The van der Waals surface area contributed by atoms with Gasteiger partial charge in [0.25, 0.3) is 0 Å². The van der Waals surface area contributed by atoms with E-state index in [9.17, 15) is 4.79 Å². The third-order valence-corrected chi connectivity index (χ3v) is 3.69. The molecule has 1 N–H and O–H groups in total. The predicted molar refractivity (Wildman–Crippen MR) is 90.2 cm³/mol. The summed E-state index contributed by atoms with van der Waals surface area (Å²) in [6, 6.07) is 0. The van der Waals surface area contributed by atoms with Crippen LogP contribution in [0.15, 0.2) is 10.4 Å². The molecule has 0 saturated heterocycles. The number of aryl methyl sites for hydroxylation is 1. The molecule has 1 heterocycles. The minimum absolute atomic E-state index is 0.158. The second kappa shape index (κ2) is 10.2. The fraction of sp³-hybridized carbons (Fsp3) is 0.667. The summed E-state index contributed by atoms with van der Waals surface area (Å²) in [7, 11) is 1.99. The molecule has 124 valence electrons. The first-order valence-corrected chi connectivity index (χ1v) is 8.50. The van der Waals surface area contributed by atoms with Crippen molar-refractivity contribution in [2.45, 2.75) is 40.2 Å². The van der Waals surface area contributed by atoms with Gasteiger partial charge in [-0.15, -0.1) is 11.3 Å². The molecule has 0 aliphatic carbocycles. The number of hydrogen-bond acceptors (Lipinski definition) is 5. The van der Waals surface area contributed by atoms with Crippen LogP contribution < -0.4 is 5.32 Å². The van der Waals surface area contributed by atoms with Crippen LogP contribution in [0.4, 0.5) is 0 Å². The van der Waals surface area contributed by atoms with Gasteiger partial charge in [-0.1, -0.05) is 0 Å². The predicted octanol–water partition coefficient (Wildman–Crippen LogP) is 2.19. The van der Waals surface area contributed by atoms with Crippen molar-refractivity contribution in [3.05, 3.63) is 16.1 Å². The monoisotopic (exact) mass is 326 g/mol. The summed E-state index contributed by atoms with van der Waals surface area (Å²) in [6.07, 6.45) is 1.10. The molecule has 0 saturated carbocycles. The molecule has 0 radical (unpaired) electrons. The molecule has 1 rings (SSSR count). The second-order valence-electron chi connectivity index (χ2n) is 4.86. The van der Waals surface area contributed by atoms with Crippen molar-refractivity contribution < 1.29 is 9.53 Å². The number of thiazole rings is 1. The Morgan fingerprint density at radius 1 is 1.50 bits per heavy atom. The zero-order chi connectivity index (χ0) is 16.4. The van der Waals surface area contributed by atoms with E-state index in [4.69, 9.17) is 4.74 Å². The molecule has 0 fully saturated rings. The highest BCUT2D eigenvalue weighted by Gasteiger charge is 2.08. The molecule has 0 atom stereocenters. The van der Waals surface area contributed by atoms with E-state index in [0.29, 0.717) is 32.5 Å². The lowest BCUT2D eigenvalue weighted by molar-refractivity contribution is -0.143. The number of nitrogens with zero attached hydrogens (tertiary/aromatic N) is 3. The minimum atomic E-state index is -0.158. The van der Waals surface area contributed by atoms with Crippen molar-refractivity contribution in [3.8, 4) is 0 Å². The van der Waals surface area contributed by atoms with Gasteiger partial charge in [-0.25, -0.2) is 4.98 Å². The SMILES string of the molecule is CCNC(=NCCCC(=O)OCC)N(C)Cc1csc(C)n1. The summed E-state index contributed by atoms with van der Waals surface area (Å²) in [5.74, 6) is 0.672. The average molecular weight is 326 g/mol. The highest BCUT2D eigenvalue weighted by atomic mass is 32.1. The lowest BCUT2D eigenvalue weighted by Crippen LogP contribution is -2.38. The van der Waals surface area contributed by atoms with Crippen LogP contribution >= 0.6 is 11.3 Å². The number of carbonyl (C=O) groups excluding carboxylic acids is 1. The number of esters is 1. The molecule has 0 amide bonds. The van der Waals surface area contributed by atoms with E-state index in [2.05, 4.69) is 20.7 Å². The van der Waals surface area contributed by atoms with E-state index in [1.54, 1.807) is 11.3 Å². The Bertz CT molecular complexity index is 488. The van der Waals surface area contributed by atoms with E-state index < -0.39 is 0 Å². The third-order valence-electron chi connectivity index (χ3n) is 2.87. The summed E-state index contributed by atoms with van der Waals surface area (Å²) >= 11 is 1.65. The van der Waals surface area contributed by atoms with Gasteiger partial charge in [0.05, 0.1) is 23.9 Å². The number of aromatic nitrogens is 1. The smallest absolute Gasteiger partial charge is 0.305 e. The molecule has 7 heteroatoms. The molecule has 1 aromatic heterocycles. The van der Waals surface area contributed by atoms with Crippen molar-refractivity contribution in [3.63, 3.8) is 0 Å². The van der Waals surface area contributed by atoms with E-state index in [1.165, 1.54) is 0 Å². The van der Waals surface area contributed by atoms with Gasteiger partial charge in [-0.3, -0.25) is 9.79 Å². The van der Waals surface area contributed by atoms with Crippen LogP contribution in [0.3, 0.4) is 0 Å². The summed E-state index contributed by atoms with van der Waals surface area (Å²) in [5.41, 5.74) is 1.04. The minimum Gasteiger partial charge on any atom is -0.466 e. The number of guanidine groups is 1. The molecule has 0 aliphatic rings. The molecular formula is C15H26N4O2S. The quantitative estimate of drug-likeness (QED) is 0.343. The van der Waals surface area contributed by atoms with Crippen LogP contribution in [-0.4, -0.2) is 48.6 Å². The Labute approximate surface area is 136 Å². The largest absolute Gasteiger partial charge is 0.466 e. The summed E-state index contributed by atoms with van der Waals surface area (Å²) in [4.78, 5) is 22.3. The van der Waals surface area contributed by atoms with E-state index in [-0.39, 0.29) is 5.97 Å². The van der Waals surface area contributed by atoms with Gasteiger partial charge in [0.15, 0.2) is 5.96 Å². The molecule has 1 aromatic rings. The maximum absolute atomic E-state index is 11.3. The zero-order valence-corrected chi connectivity index (χ0v) is 14.7. The van der Waals surface area contributed by atoms with Crippen LogP contribution in [-0.2, 0) is 16.1 Å². The topological polar surface area (TPSA) is 66.8 Å². The lowest BCUT2D eigenvalue weighted by atomic mass is 10.3. The number of ether oxygens (including phenoxy) is 1. The molecule has 0 spiro atoms. The highest BCUT2D eigenvalue weighted by molar-refractivity contribution is 7.09. The van der Waals surface area contributed by atoms with Gasteiger partial charge >= 0.3 is 5.97 Å². The molecule has 6 nitrogen and oxygen atoms in total. The van der Waals surface area contributed by atoms with Crippen molar-refractivity contribution >= 4 is 23.3 Å². The molecule has 0 aromatic carbocycles. The Kier molecular flexibility index (Phi) is 8.50. The Balaban J connectivity index is 2.48. The lowest BCUT2D eigenvalue weighted by Gasteiger charge is -2.21. The maximum atomic E-state index is 11.3. The number of aliphatic imine (C=N–C) groups is 1. The molecule has 22 heavy (non-hydrogen) atoms. The van der Waals surface area contributed by atoms with E-state index in [0.717, 1.165) is 23.2 Å². The number of hydrogen-bond donors (Lipinski definition) is 1. The zero-order valence-electron chi connectivity index (χ0n) is 13.9. The number of nitrogens with one attached hydrogen (secondary N) is 1. The fourth-order valence-corrected chi connectivity index (χ4v) is 2.51. The van der Waals surface area contributed by atoms with Gasteiger partial charge < -0.3 is 15.0 Å². The first-order valence-electron chi connectivity index (χ1n) is 7.62. The molecule has 0 bridgehead atoms. The molecular weight excluding hydrogens is 300 g/mol. The van der Waals surface area contributed by atoms with Crippen LogP contribution in [0.5, 0.6) is 0 Å². The Morgan fingerprint density at radius 3 is 2.86 bits per heavy atom. The molecule has 0 unspecified atom stereocenters. The number of carbonyl (C=O) groups is 1. The van der Waals surface area contributed by atoms with Crippen molar-refractivity contribution in [2.75, 3.05) is 26.7 Å². The highest BCUT2D eigenvalue weighted by Crippen LogP contribution is 2.09. The summed E-state index contributed by atoms with van der Waals surface area (Å²) in [5, 5.41) is 6.39. The molecule has 0 aliphatic heterocycles. The summed E-state index contributed by atoms with van der Waals surface area (Å²) in [6.45, 7) is 8.40. The second-order valence-corrected chi connectivity index (χ2v) is 5.92. The first kappa shape index (κ1) is 18.4. The van der Waals surface area contributed by atoms with Crippen LogP contribution in [0, 0.1) is 6.92 Å². The Hall–Kier alpha value is -1.63. The maximum Gasteiger partial charge on any atom is 0.305 e. The van der Waals surface area contributed by atoms with Crippen LogP contribution in [0.2, 0.25) is 0 Å². The van der Waals surface area contributed by atoms with Gasteiger partial charge in [0.1, 0.15) is 0 Å². The van der Waals surface area contributed by atoms with E-state index >= 15 is 0 Å². The van der Waals surface area contributed by atoms with Gasteiger partial charge in [-0.05, 0) is 27.2 Å². The van der Waals surface area contributed by atoms with Crippen LogP contribution in [0.25, 0.3) is 0 Å². The average Bonchev–Trinajstić information content (AvgIpc) is 2.87. The fourth-order valence-electron chi connectivity index (χ4n) is 1.91. The number of rotatable bonds is 8. The third kappa shape index (κ3) is 6.89. The first-order chi connectivity index (χ1) is 10.6. The van der Waals surface area contributed by atoms with Crippen molar-refractivity contribution in [1.82, 2.24) is 15.2 Å².